The van der Waals surface area contributed by atoms with Crippen molar-refractivity contribution in [2.45, 2.75) is 39.0 Å². The first-order valence-electron chi connectivity index (χ1n) is 9.74. The zero-order valence-electron chi connectivity index (χ0n) is 17.7. The molecule has 2 aromatic rings. The zero-order chi connectivity index (χ0) is 22.3. The van der Waals surface area contributed by atoms with Gasteiger partial charge in [-0.3, -0.25) is 19.7 Å². The van der Waals surface area contributed by atoms with Crippen molar-refractivity contribution in [2.75, 3.05) is 17.6 Å². The highest BCUT2D eigenvalue weighted by Gasteiger charge is 2.18. The third-order valence-corrected chi connectivity index (χ3v) is 5.62. The Labute approximate surface area is 180 Å². The quantitative estimate of drug-likeness (QED) is 0.341. The second kappa shape index (κ2) is 10.8. The topological polar surface area (TPSA) is 101 Å². The van der Waals surface area contributed by atoms with E-state index in [1.807, 2.05) is 32.0 Å². The number of amides is 2. The molecule has 0 fully saturated rings. The van der Waals surface area contributed by atoms with Gasteiger partial charge in [0.25, 0.3) is 11.6 Å². The van der Waals surface area contributed by atoms with E-state index in [1.165, 1.54) is 17.8 Å². The average molecular weight is 430 g/mol. The maximum Gasteiger partial charge on any atom is 0.283 e. The van der Waals surface area contributed by atoms with E-state index < -0.39 is 10.8 Å². The number of hydrogen-bond acceptors (Lipinski definition) is 5. The molecule has 30 heavy (non-hydrogen) atoms. The van der Waals surface area contributed by atoms with E-state index in [2.05, 4.69) is 24.5 Å². The molecule has 0 heterocycles. The number of aryl methyl sites for hydroxylation is 2. The van der Waals surface area contributed by atoms with Crippen LogP contribution in [0.5, 0.6) is 0 Å². The van der Waals surface area contributed by atoms with Gasteiger partial charge in [0, 0.05) is 17.3 Å². The lowest BCUT2D eigenvalue weighted by Crippen LogP contribution is -2.33. The normalized spacial score (nSPS) is 10.7. The number of thioether (sulfide) groups is 1. The van der Waals surface area contributed by atoms with Crippen molar-refractivity contribution < 1.29 is 14.5 Å². The maximum atomic E-state index is 12.4. The van der Waals surface area contributed by atoms with Crippen molar-refractivity contribution >= 4 is 35.0 Å². The van der Waals surface area contributed by atoms with E-state index >= 15 is 0 Å². The monoisotopic (exact) mass is 429 g/mol. The van der Waals surface area contributed by atoms with E-state index in [9.17, 15) is 19.7 Å². The van der Waals surface area contributed by atoms with Crippen LogP contribution in [-0.4, -0.2) is 29.0 Å². The summed E-state index contributed by atoms with van der Waals surface area (Å²) in [7, 11) is 0. The Kier molecular flexibility index (Phi) is 8.41. The first-order valence-corrected chi connectivity index (χ1v) is 10.7. The molecule has 0 bridgehead atoms. The molecule has 0 atom stereocenters. The molecule has 0 aliphatic carbocycles. The summed E-state index contributed by atoms with van der Waals surface area (Å²) >= 11 is 1.41. The van der Waals surface area contributed by atoms with Gasteiger partial charge in [-0.1, -0.05) is 32.0 Å². The highest BCUT2D eigenvalue weighted by atomic mass is 32.2. The lowest BCUT2D eigenvalue weighted by atomic mass is 10.1. The zero-order valence-corrected chi connectivity index (χ0v) is 18.5. The van der Waals surface area contributed by atoms with Gasteiger partial charge in [0.1, 0.15) is 0 Å². The van der Waals surface area contributed by atoms with Crippen LogP contribution in [0.2, 0.25) is 0 Å². The van der Waals surface area contributed by atoms with Gasteiger partial charge in [-0.2, -0.15) is 0 Å². The number of nitrogens with one attached hydrogen (secondary N) is 2. The molecule has 0 saturated heterocycles. The Morgan fingerprint density at radius 3 is 2.40 bits per heavy atom. The van der Waals surface area contributed by atoms with Crippen molar-refractivity contribution in [1.82, 2.24) is 5.32 Å². The molecule has 2 aromatic carbocycles. The number of carbonyl (C=O) groups is 2. The molecule has 2 rings (SSSR count). The third kappa shape index (κ3) is 6.59. The highest BCUT2D eigenvalue weighted by Crippen LogP contribution is 2.31. The van der Waals surface area contributed by atoms with Crippen LogP contribution in [0.4, 0.5) is 11.4 Å². The molecule has 0 unspecified atom stereocenters. The van der Waals surface area contributed by atoms with E-state index in [1.54, 1.807) is 12.1 Å². The maximum absolute atomic E-state index is 12.4. The van der Waals surface area contributed by atoms with E-state index in [4.69, 9.17) is 0 Å². The first-order chi connectivity index (χ1) is 14.2. The fourth-order valence-corrected chi connectivity index (χ4v) is 4.04. The number of nitro benzene ring substituents is 1. The standard InChI is InChI=1S/C22H27N3O4S/c1-14(2)10-11-30-19-9-8-17(12-18(19)25(28)29)22(27)23-13-20(26)24-21-15(3)6-5-7-16(21)4/h5-9,12,14H,10-11,13H2,1-4H3,(H,23,27)(H,24,26). The lowest BCUT2D eigenvalue weighted by Gasteiger charge is -2.12. The lowest BCUT2D eigenvalue weighted by molar-refractivity contribution is -0.387. The van der Waals surface area contributed by atoms with Crippen molar-refractivity contribution in [3.8, 4) is 0 Å². The van der Waals surface area contributed by atoms with Gasteiger partial charge in [-0.25, -0.2) is 0 Å². The largest absolute Gasteiger partial charge is 0.343 e. The molecule has 2 N–H and O–H groups in total. The van der Waals surface area contributed by atoms with Gasteiger partial charge in [0.2, 0.25) is 5.91 Å². The summed E-state index contributed by atoms with van der Waals surface area (Å²) in [5.41, 5.74) is 2.62. The summed E-state index contributed by atoms with van der Waals surface area (Å²) in [4.78, 5) is 36.1. The Hall–Kier alpha value is -2.87. The van der Waals surface area contributed by atoms with Crippen LogP contribution in [-0.2, 0) is 4.79 Å². The van der Waals surface area contributed by atoms with Gasteiger partial charge in [-0.05, 0) is 55.2 Å². The van der Waals surface area contributed by atoms with Crippen molar-refractivity contribution in [1.29, 1.82) is 0 Å². The number of nitro groups is 1. The van der Waals surface area contributed by atoms with Crippen molar-refractivity contribution in [3.05, 3.63) is 63.2 Å². The number of carbonyl (C=O) groups excluding carboxylic acids is 2. The van der Waals surface area contributed by atoms with Crippen molar-refractivity contribution in [3.63, 3.8) is 0 Å². The minimum Gasteiger partial charge on any atom is -0.343 e. The number of benzene rings is 2. The molecule has 0 saturated carbocycles. The van der Waals surface area contributed by atoms with E-state index in [0.29, 0.717) is 10.8 Å². The Morgan fingerprint density at radius 2 is 1.80 bits per heavy atom. The second-order valence-corrected chi connectivity index (χ2v) is 8.61. The second-order valence-electron chi connectivity index (χ2n) is 7.47. The molecule has 7 nitrogen and oxygen atoms in total. The number of para-hydroxylation sites is 1. The van der Waals surface area contributed by atoms with Crippen molar-refractivity contribution in [2.24, 2.45) is 5.92 Å². The third-order valence-electron chi connectivity index (χ3n) is 4.53. The molecule has 160 valence electrons. The summed E-state index contributed by atoms with van der Waals surface area (Å²) in [6.45, 7) is 7.74. The molecular weight excluding hydrogens is 402 g/mol. The van der Waals surface area contributed by atoms with Gasteiger partial charge in [0.15, 0.2) is 0 Å². The smallest absolute Gasteiger partial charge is 0.283 e. The molecule has 2 amide bonds. The summed E-state index contributed by atoms with van der Waals surface area (Å²) in [5, 5.41) is 16.7. The molecule has 0 spiro atoms. The average Bonchev–Trinajstić information content (AvgIpc) is 2.68. The summed E-state index contributed by atoms with van der Waals surface area (Å²) < 4.78 is 0. The Morgan fingerprint density at radius 1 is 1.13 bits per heavy atom. The van der Waals surface area contributed by atoms with Gasteiger partial charge in [-0.15, -0.1) is 11.8 Å². The van der Waals surface area contributed by atoms with Gasteiger partial charge in [0.05, 0.1) is 16.4 Å². The fraction of sp³-hybridized carbons (Fsp3) is 0.364. The van der Waals surface area contributed by atoms with Crippen LogP contribution >= 0.6 is 11.8 Å². The number of rotatable bonds is 9. The molecular formula is C22H27N3O4S. The van der Waals surface area contributed by atoms with Crippen LogP contribution in [0.3, 0.4) is 0 Å². The molecule has 8 heteroatoms. The predicted octanol–water partition coefficient (Wildman–Crippen LogP) is 4.72. The summed E-state index contributed by atoms with van der Waals surface area (Å²) in [5.74, 6) is 0.378. The minimum absolute atomic E-state index is 0.101. The number of nitrogens with zero attached hydrogens (tertiary/aromatic N) is 1. The molecule has 0 aromatic heterocycles. The van der Waals surface area contributed by atoms with Crippen LogP contribution in [0, 0.1) is 29.9 Å². The van der Waals surface area contributed by atoms with E-state index in [-0.39, 0.29) is 23.7 Å². The van der Waals surface area contributed by atoms with Crippen LogP contribution in [0.15, 0.2) is 41.3 Å². The van der Waals surface area contributed by atoms with Gasteiger partial charge < -0.3 is 10.6 Å². The fourth-order valence-electron chi connectivity index (χ4n) is 2.79. The molecule has 0 aliphatic heterocycles. The number of anilines is 1. The van der Waals surface area contributed by atoms with Crippen LogP contribution in [0.25, 0.3) is 0 Å². The Bertz CT molecular complexity index is 924. The molecule has 0 radical (unpaired) electrons. The van der Waals surface area contributed by atoms with Gasteiger partial charge >= 0.3 is 0 Å². The number of hydrogen-bond donors (Lipinski definition) is 2. The van der Waals surface area contributed by atoms with Crippen LogP contribution in [0.1, 0.15) is 41.8 Å². The van der Waals surface area contributed by atoms with E-state index in [0.717, 1.165) is 29.0 Å². The molecule has 0 aliphatic rings. The first kappa shape index (κ1) is 23.4. The summed E-state index contributed by atoms with van der Waals surface area (Å²) in [6.07, 6.45) is 0.944. The highest BCUT2D eigenvalue weighted by molar-refractivity contribution is 7.99. The minimum atomic E-state index is -0.534. The Balaban J connectivity index is 2.01. The SMILES string of the molecule is Cc1cccc(C)c1NC(=O)CNC(=O)c1ccc(SCCC(C)C)c([N+](=O)[O-])c1. The van der Waals surface area contributed by atoms with Crippen LogP contribution < -0.4 is 10.6 Å². The summed E-state index contributed by atoms with van der Waals surface area (Å²) in [6, 6.07) is 10.1. The predicted molar refractivity (Wildman–Crippen MR) is 120 cm³/mol.